The van der Waals surface area contributed by atoms with Gasteiger partial charge in [-0.2, -0.15) is 0 Å². The summed E-state index contributed by atoms with van der Waals surface area (Å²) in [4.78, 5) is 0. The lowest BCUT2D eigenvalue weighted by Gasteiger charge is -2.24. The Kier molecular flexibility index (Phi) is 4.85. The number of allylic oxidation sites excluding steroid dienone is 1. The maximum atomic E-state index is 3.27. The molecule has 0 aliphatic rings. The molecule has 78 valence electrons. The van der Waals surface area contributed by atoms with Crippen molar-refractivity contribution in [3.63, 3.8) is 0 Å². The topological polar surface area (TPSA) is 36.1 Å². The van der Waals surface area contributed by atoms with E-state index < -0.39 is 0 Å². The molecule has 0 saturated carbocycles. The van der Waals surface area contributed by atoms with Crippen molar-refractivity contribution in [2.75, 3.05) is 7.05 Å². The molecule has 0 bridgehead atoms. The molecule has 3 N–H and O–H groups in total. The lowest BCUT2D eigenvalue weighted by molar-refractivity contribution is 0.434. The summed E-state index contributed by atoms with van der Waals surface area (Å²) in [5.74, 6) is 0. The highest BCUT2D eigenvalue weighted by Crippen LogP contribution is 2.21. The highest BCUT2D eigenvalue weighted by Gasteiger charge is 2.16. The number of hydrogen-bond acceptors (Lipinski definition) is 3. The third-order valence-electron chi connectivity index (χ3n) is 1.63. The van der Waals surface area contributed by atoms with Crippen molar-refractivity contribution < 1.29 is 0 Å². The first-order valence-electron chi connectivity index (χ1n) is 4.77. The van der Waals surface area contributed by atoms with E-state index in [9.17, 15) is 0 Å². The van der Waals surface area contributed by atoms with E-state index in [1.54, 1.807) is 0 Å². The van der Waals surface area contributed by atoms with Gasteiger partial charge in [0.15, 0.2) is 0 Å². The summed E-state index contributed by atoms with van der Waals surface area (Å²) < 4.78 is 0. The molecule has 0 saturated heterocycles. The Morgan fingerprint density at radius 2 is 1.77 bits per heavy atom. The maximum Gasteiger partial charge on any atom is 0.0471 e. The molecule has 0 aliphatic heterocycles. The molecule has 0 aromatic heterocycles. The van der Waals surface area contributed by atoms with Gasteiger partial charge in [-0.15, -0.1) is 0 Å². The summed E-state index contributed by atoms with van der Waals surface area (Å²) in [5, 5.41) is 3.27. The second-order valence-electron chi connectivity index (χ2n) is 4.50. The van der Waals surface area contributed by atoms with Crippen molar-refractivity contribution in [3.8, 4) is 0 Å². The Labute approximate surface area is 82.0 Å². The van der Waals surface area contributed by atoms with E-state index in [4.69, 9.17) is 0 Å². The van der Waals surface area contributed by atoms with Gasteiger partial charge >= 0.3 is 0 Å². The van der Waals surface area contributed by atoms with Crippen LogP contribution in [0, 0.1) is 5.41 Å². The van der Waals surface area contributed by atoms with E-state index in [-0.39, 0.29) is 5.41 Å². The lowest BCUT2D eigenvalue weighted by Crippen LogP contribution is -2.35. The van der Waals surface area contributed by atoms with Gasteiger partial charge in [-0.1, -0.05) is 20.8 Å². The van der Waals surface area contributed by atoms with Crippen LogP contribution in [0.25, 0.3) is 0 Å². The number of hydrogen-bond donors (Lipinski definition) is 3. The molecule has 0 radical (unpaired) electrons. The summed E-state index contributed by atoms with van der Waals surface area (Å²) in [6, 6.07) is 0.469. The Morgan fingerprint density at radius 1 is 1.23 bits per heavy atom. The maximum absolute atomic E-state index is 3.27. The number of nitrogens with one attached hydrogen (secondary N) is 3. The Hall–Kier alpha value is -0.700. The SMILES string of the molecule is CNN/C(=C\NC(C)C)C(C)(C)C. The zero-order valence-corrected chi connectivity index (χ0v) is 9.65. The second kappa shape index (κ2) is 5.12. The smallest absolute Gasteiger partial charge is 0.0471 e. The van der Waals surface area contributed by atoms with Gasteiger partial charge < -0.3 is 10.7 Å². The minimum atomic E-state index is 0.130. The van der Waals surface area contributed by atoms with Gasteiger partial charge in [0.2, 0.25) is 0 Å². The Bertz CT molecular complexity index is 165. The number of hydrazine groups is 1. The molecular weight excluding hydrogens is 162 g/mol. The summed E-state index contributed by atoms with van der Waals surface area (Å²) >= 11 is 0. The van der Waals surface area contributed by atoms with Gasteiger partial charge in [0.25, 0.3) is 0 Å². The first-order chi connectivity index (χ1) is 5.88. The molecule has 0 unspecified atom stereocenters. The highest BCUT2D eigenvalue weighted by molar-refractivity contribution is 5.06. The Morgan fingerprint density at radius 3 is 2.08 bits per heavy atom. The van der Waals surface area contributed by atoms with Crippen LogP contribution in [-0.4, -0.2) is 13.1 Å². The van der Waals surface area contributed by atoms with Crippen LogP contribution in [0.4, 0.5) is 0 Å². The zero-order chi connectivity index (χ0) is 10.5. The van der Waals surface area contributed by atoms with Crippen LogP contribution in [0.2, 0.25) is 0 Å². The van der Waals surface area contributed by atoms with Crippen LogP contribution in [0.15, 0.2) is 11.9 Å². The van der Waals surface area contributed by atoms with Crippen molar-refractivity contribution in [1.82, 2.24) is 16.2 Å². The molecule has 0 aliphatic carbocycles. The molecule has 0 aromatic rings. The van der Waals surface area contributed by atoms with Crippen molar-refractivity contribution in [1.29, 1.82) is 0 Å². The van der Waals surface area contributed by atoms with Gasteiger partial charge in [0, 0.05) is 30.4 Å². The van der Waals surface area contributed by atoms with Crippen LogP contribution in [0.5, 0.6) is 0 Å². The summed E-state index contributed by atoms with van der Waals surface area (Å²) in [6.07, 6.45) is 2.03. The highest BCUT2D eigenvalue weighted by atomic mass is 15.3. The van der Waals surface area contributed by atoms with Crippen LogP contribution >= 0.6 is 0 Å². The molecule has 0 amide bonds. The molecule has 0 rings (SSSR count). The fourth-order valence-electron chi connectivity index (χ4n) is 0.825. The van der Waals surface area contributed by atoms with Gasteiger partial charge in [-0.05, 0) is 13.8 Å². The zero-order valence-electron chi connectivity index (χ0n) is 9.65. The van der Waals surface area contributed by atoms with E-state index >= 15 is 0 Å². The minimum Gasteiger partial charge on any atom is -0.387 e. The van der Waals surface area contributed by atoms with Gasteiger partial charge in [0.05, 0.1) is 0 Å². The Balaban J connectivity index is 4.32. The molecule has 0 atom stereocenters. The van der Waals surface area contributed by atoms with Gasteiger partial charge in [-0.3, -0.25) is 0 Å². The van der Waals surface area contributed by atoms with E-state index in [0.717, 1.165) is 5.70 Å². The van der Waals surface area contributed by atoms with Crippen LogP contribution < -0.4 is 16.2 Å². The third kappa shape index (κ3) is 5.53. The summed E-state index contributed by atoms with van der Waals surface area (Å²) in [5.41, 5.74) is 7.35. The van der Waals surface area contributed by atoms with E-state index in [0.29, 0.717) is 6.04 Å². The fourth-order valence-corrected chi connectivity index (χ4v) is 0.825. The molecule has 3 nitrogen and oxygen atoms in total. The third-order valence-corrected chi connectivity index (χ3v) is 1.63. The van der Waals surface area contributed by atoms with E-state index in [1.807, 2.05) is 13.2 Å². The summed E-state index contributed by atoms with van der Waals surface area (Å²) in [6.45, 7) is 10.8. The van der Waals surface area contributed by atoms with Gasteiger partial charge in [-0.25, -0.2) is 5.43 Å². The average Bonchev–Trinajstić information content (AvgIpc) is 1.95. The molecule has 0 aromatic carbocycles. The largest absolute Gasteiger partial charge is 0.387 e. The first-order valence-corrected chi connectivity index (χ1v) is 4.77. The average molecular weight is 185 g/mol. The van der Waals surface area contributed by atoms with E-state index in [1.165, 1.54) is 0 Å². The van der Waals surface area contributed by atoms with Crippen molar-refractivity contribution in [3.05, 3.63) is 11.9 Å². The molecular formula is C10H23N3. The van der Waals surface area contributed by atoms with Crippen molar-refractivity contribution in [2.45, 2.75) is 40.7 Å². The fraction of sp³-hybridized carbons (Fsp3) is 0.800. The van der Waals surface area contributed by atoms with E-state index in [2.05, 4.69) is 50.8 Å². The normalized spacial score (nSPS) is 13.3. The molecule has 13 heavy (non-hydrogen) atoms. The lowest BCUT2D eigenvalue weighted by atomic mass is 9.93. The van der Waals surface area contributed by atoms with Crippen molar-refractivity contribution >= 4 is 0 Å². The van der Waals surface area contributed by atoms with Crippen LogP contribution in [0.1, 0.15) is 34.6 Å². The first kappa shape index (κ1) is 12.3. The molecule has 0 fully saturated rings. The predicted octanol–water partition coefficient (Wildman–Crippen LogP) is 1.60. The standard InChI is InChI=1S/C10H23N3/c1-8(2)12-7-9(13-11-6)10(3,4)5/h7-8,11-13H,1-6H3/b9-7-. The minimum absolute atomic E-state index is 0.130. The molecule has 0 heterocycles. The van der Waals surface area contributed by atoms with Crippen molar-refractivity contribution in [2.24, 2.45) is 5.41 Å². The predicted molar refractivity (Wildman–Crippen MR) is 58.0 cm³/mol. The second-order valence-corrected chi connectivity index (χ2v) is 4.50. The number of rotatable bonds is 4. The van der Waals surface area contributed by atoms with Crippen LogP contribution in [-0.2, 0) is 0 Å². The van der Waals surface area contributed by atoms with Crippen LogP contribution in [0.3, 0.4) is 0 Å². The van der Waals surface area contributed by atoms with Gasteiger partial charge in [0.1, 0.15) is 0 Å². The summed E-state index contributed by atoms with van der Waals surface area (Å²) in [7, 11) is 1.87. The monoisotopic (exact) mass is 185 g/mol. The molecule has 3 heteroatoms. The molecule has 0 spiro atoms. The quantitative estimate of drug-likeness (QED) is 0.582.